The van der Waals surface area contributed by atoms with Crippen LogP contribution in [0.25, 0.3) is 0 Å². The summed E-state index contributed by atoms with van der Waals surface area (Å²) in [5, 5.41) is 8.86. The number of likely N-dealkylation sites (tertiary alicyclic amines) is 1. The zero-order chi connectivity index (χ0) is 13.1. The van der Waals surface area contributed by atoms with Gasteiger partial charge in [-0.2, -0.15) is 0 Å². The van der Waals surface area contributed by atoms with Gasteiger partial charge in [0.15, 0.2) is 0 Å². The molecule has 1 heterocycles. The van der Waals surface area contributed by atoms with Crippen LogP contribution in [-0.2, 0) is 9.59 Å². The predicted octanol–water partition coefficient (Wildman–Crippen LogP) is 0.794. The molecule has 0 radical (unpaired) electrons. The van der Waals surface area contributed by atoms with Crippen LogP contribution in [0.1, 0.15) is 33.6 Å². The fraction of sp³-hybridized carbons (Fsp3) is 0.833. The number of aliphatic carboxylic acids is 1. The maximum Gasteiger partial charge on any atom is 0.317 e. The molecule has 0 saturated carbocycles. The van der Waals surface area contributed by atoms with Gasteiger partial charge in [-0.3, -0.25) is 14.5 Å². The van der Waals surface area contributed by atoms with Crippen molar-refractivity contribution in [1.82, 2.24) is 9.80 Å². The van der Waals surface area contributed by atoms with E-state index in [1.165, 1.54) is 0 Å². The van der Waals surface area contributed by atoms with Crippen LogP contribution in [0, 0.1) is 0 Å². The van der Waals surface area contributed by atoms with E-state index in [2.05, 4.69) is 0 Å². The Kier molecular flexibility index (Phi) is 4.51. The minimum atomic E-state index is -0.894. The summed E-state index contributed by atoms with van der Waals surface area (Å²) >= 11 is 0. The van der Waals surface area contributed by atoms with Gasteiger partial charge in [0.25, 0.3) is 0 Å². The van der Waals surface area contributed by atoms with Crippen LogP contribution in [0.2, 0.25) is 0 Å². The Hall–Kier alpha value is -1.10. The molecule has 0 aliphatic carbocycles. The van der Waals surface area contributed by atoms with Crippen LogP contribution < -0.4 is 0 Å². The van der Waals surface area contributed by atoms with Gasteiger partial charge in [0.1, 0.15) is 0 Å². The molecule has 1 saturated heterocycles. The number of carbonyl (C=O) groups is 2. The lowest BCUT2D eigenvalue weighted by atomic mass is 10.1. The Morgan fingerprint density at radius 3 is 2.12 bits per heavy atom. The third kappa shape index (κ3) is 4.34. The van der Waals surface area contributed by atoms with Crippen LogP contribution >= 0.6 is 0 Å². The maximum atomic E-state index is 12.0. The molecule has 0 aromatic carbocycles. The van der Waals surface area contributed by atoms with E-state index < -0.39 is 5.97 Å². The van der Waals surface area contributed by atoms with E-state index in [0.717, 1.165) is 25.9 Å². The number of hydrogen-bond acceptors (Lipinski definition) is 3. The molecule has 98 valence electrons. The monoisotopic (exact) mass is 242 g/mol. The molecule has 5 heteroatoms. The summed E-state index contributed by atoms with van der Waals surface area (Å²) in [6, 6.07) is 0. The van der Waals surface area contributed by atoms with Crippen LogP contribution in [0.15, 0.2) is 0 Å². The zero-order valence-corrected chi connectivity index (χ0v) is 10.9. The molecule has 0 aromatic rings. The number of rotatable bonds is 4. The highest BCUT2D eigenvalue weighted by Gasteiger charge is 2.28. The van der Waals surface area contributed by atoms with Crippen molar-refractivity contribution in [3.63, 3.8) is 0 Å². The van der Waals surface area contributed by atoms with Gasteiger partial charge in [0.05, 0.1) is 13.1 Å². The Morgan fingerprint density at radius 1 is 1.18 bits per heavy atom. The van der Waals surface area contributed by atoms with Crippen LogP contribution in [0.4, 0.5) is 0 Å². The largest absolute Gasteiger partial charge is 0.480 e. The lowest BCUT2D eigenvalue weighted by molar-refractivity contribution is -0.141. The van der Waals surface area contributed by atoms with Gasteiger partial charge in [-0.05, 0) is 33.6 Å². The first kappa shape index (κ1) is 14.0. The predicted molar refractivity (Wildman–Crippen MR) is 64.8 cm³/mol. The summed E-state index contributed by atoms with van der Waals surface area (Å²) in [5.74, 6) is -0.854. The van der Waals surface area contributed by atoms with Gasteiger partial charge >= 0.3 is 5.97 Å². The summed E-state index contributed by atoms with van der Waals surface area (Å²) in [4.78, 5) is 26.3. The lowest BCUT2D eigenvalue weighted by Crippen LogP contribution is -2.49. The molecule has 1 fully saturated rings. The molecule has 1 N–H and O–H groups in total. The van der Waals surface area contributed by atoms with Crippen LogP contribution in [-0.4, -0.2) is 58.5 Å². The van der Waals surface area contributed by atoms with E-state index in [1.54, 1.807) is 4.90 Å². The molecule has 0 aromatic heterocycles. The molecule has 0 spiro atoms. The second-order valence-electron chi connectivity index (χ2n) is 5.51. The average Bonchev–Trinajstić information content (AvgIpc) is 2.66. The van der Waals surface area contributed by atoms with E-state index in [9.17, 15) is 9.59 Å². The molecule has 0 atom stereocenters. The highest BCUT2D eigenvalue weighted by Crippen LogP contribution is 2.14. The maximum absolute atomic E-state index is 12.0. The van der Waals surface area contributed by atoms with Gasteiger partial charge in [0.2, 0.25) is 5.91 Å². The van der Waals surface area contributed by atoms with Gasteiger partial charge in [-0.1, -0.05) is 0 Å². The van der Waals surface area contributed by atoms with Crippen molar-refractivity contribution in [3.8, 4) is 0 Å². The molecule has 1 amide bonds. The molecule has 1 aliphatic heterocycles. The van der Waals surface area contributed by atoms with Crippen molar-refractivity contribution in [3.05, 3.63) is 0 Å². The highest BCUT2D eigenvalue weighted by atomic mass is 16.4. The Labute approximate surface area is 102 Å². The third-order valence-electron chi connectivity index (χ3n) is 3.06. The smallest absolute Gasteiger partial charge is 0.317 e. The second-order valence-corrected chi connectivity index (χ2v) is 5.51. The minimum absolute atomic E-state index is 0.0404. The first-order chi connectivity index (χ1) is 7.80. The van der Waals surface area contributed by atoms with Gasteiger partial charge in [-0.15, -0.1) is 0 Å². The highest BCUT2D eigenvalue weighted by molar-refractivity contribution is 5.79. The Bertz CT molecular complexity index is 291. The van der Waals surface area contributed by atoms with Gasteiger partial charge in [-0.25, -0.2) is 0 Å². The molecule has 1 aliphatic rings. The lowest BCUT2D eigenvalue weighted by Gasteiger charge is -2.34. The van der Waals surface area contributed by atoms with Crippen molar-refractivity contribution < 1.29 is 14.7 Å². The summed E-state index contributed by atoms with van der Waals surface area (Å²) < 4.78 is 0. The van der Waals surface area contributed by atoms with E-state index in [4.69, 9.17) is 5.11 Å². The first-order valence-electron chi connectivity index (χ1n) is 6.05. The van der Waals surface area contributed by atoms with E-state index in [1.807, 2.05) is 25.7 Å². The molecule has 17 heavy (non-hydrogen) atoms. The van der Waals surface area contributed by atoms with Gasteiger partial charge < -0.3 is 10.0 Å². The quantitative estimate of drug-likeness (QED) is 0.792. The SMILES string of the molecule is CC(C)(C)N(CC(=O)O)CC(=O)N1CCCC1. The van der Waals surface area contributed by atoms with E-state index >= 15 is 0 Å². The molecule has 5 nitrogen and oxygen atoms in total. The van der Waals surface area contributed by atoms with Crippen molar-refractivity contribution in [2.45, 2.75) is 39.2 Å². The van der Waals surface area contributed by atoms with Crippen LogP contribution in [0.5, 0.6) is 0 Å². The summed E-state index contributed by atoms with van der Waals surface area (Å²) in [6.07, 6.45) is 2.11. The first-order valence-corrected chi connectivity index (χ1v) is 6.05. The van der Waals surface area contributed by atoms with E-state index in [0.29, 0.717) is 0 Å². The van der Waals surface area contributed by atoms with E-state index in [-0.39, 0.29) is 24.5 Å². The summed E-state index contributed by atoms with van der Waals surface area (Å²) in [7, 11) is 0. The number of hydrogen-bond donors (Lipinski definition) is 1. The molecule has 0 bridgehead atoms. The number of carboxylic acid groups (broad SMARTS) is 1. The number of nitrogens with zero attached hydrogens (tertiary/aromatic N) is 2. The fourth-order valence-electron chi connectivity index (χ4n) is 1.92. The standard InChI is InChI=1S/C12H22N2O3/c1-12(2,3)14(9-11(16)17)8-10(15)13-6-4-5-7-13/h4-9H2,1-3H3,(H,16,17). The van der Waals surface area contributed by atoms with Crippen molar-refractivity contribution >= 4 is 11.9 Å². The summed E-state index contributed by atoms with van der Waals surface area (Å²) in [5.41, 5.74) is -0.312. The Morgan fingerprint density at radius 2 is 1.71 bits per heavy atom. The molecule has 0 unspecified atom stereocenters. The number of carboxylic acids is 1. The van der Waals surface area contributed by atoms with Gasteiger partial charge in [0, 0.05) is 18.6 Å². The van der Waals surface area contributed by atoms with Crippen molar-refractivity contribution in [1.29, 1.82) is 0 Å². The normalized spacial score (nSPS) is 16.6. The number of amides is 1. The second kappa shape index (κ2) is 5.49. The third-order valence-corrected chi connectivity index (χ3v) is 3.06. The molecular weight excluding hydrogens is 220 g/mol. The van der Waals surface area contributed by atoms with Crippen molar-refractivity contribution in [2.75, 3.05) is 26.2 Å². The van der Waals surface area contributed by atoms with Crippen molar-refractivity contribution in [2.24, 2.45) is 0 Å². The summed E-state index contributed by atoms with van der Waals surface area (Å²) in [6.45, 7) is 7.49. The topological polar surface area (TPSA) is 60.9 Å². The minimum Gasteiger partial charge on any atom is -0.480 e. The number of carbonyl (C=O) groups excluding carboxylic acids is 1. The average molecular weight is 242 g/mol. The van der Waals surface area contributed by atoms with Crippen LogP contribution in [0.3, 0.4) is 0 Å². The zero-order valence-electron chi connectivity index (χ0n) is 10.9. The Balaban J connectivity index is 2.59. The molecular formula is C12H22N2O3. The molecule has 1 rings (SSSR count). The fourth-order valence-corrected chi connectivity index (χ4v) is 1.92.